The summed E-state index contributed by atoms with van der Waals surface area (Å²) in [5, 5.41) is 10.4. The van der Waals surface area contributed by atoms with E-state index < -0.39 is 0 Å². The van der Waals surface area contributed by atoms with Crippen LogP contribution in [0.3, 0.4) is 0 Å². The van der Waals surface area contributed by atoms with Crippen molar-refractivity contribution >= 4 is 0 Å². The molecule has 0 fully saturated rings. The van der Waals surface area contributed by atoms with Crippen LogP contribution in [0.4, 0.5) is 4.39 Å². The molecule has 1 aromatic heterocycles. The van der Waals surface area contributed by atoms with Crippen molar-refractivity contribution in [2.75, 3.05) is 7.11 Å². The maximum atomic E-state index is 13.8. The van der Waals surface area contributed by atoms with Crippen molar-refractivity contribution in [3.63, 3.8) is 0 Å². The molecule has 1 aromatic carbocycles. The Kier molecular flexibility index (Phi) is 2.85. The van der Waals surface area contributed by atoms with Crippen molar-refractivity contribution in [2.45, 2.75) is 13.3 Å². The van der Waals surface area contributed by atoms with E-state index in [9.17, 15) is 4.39 Å². The summed E-state index contributed by atoms with van der Waals surface area (Å²) < 4.78 is 18.7. The first-order valence-electron chi connectivity index (χ1n) is 4.90. The highest BCUT2D eigenvalue weighted by molar-refractivity contribution is 5.33. The molecule has 16 heavy (non-hydrogen) atoms. The second-order valence-corrected chi connectivity index (χ2v) is 3.47. The standard InChI is InChI=1S/C11H12FN3O/c1-7-9(14-15-13-7)6-8-4-3-5-10(16-2)11(8)12/h3-5H,6H2,1-2H3,(H,13,14,15). The van der Waals surface area contributed by atoms with Crippen molar-refractivity contribution in [1.82, 2.24) is 15.4 Å². The van der Waals surface area contributed by atoms with Gasteiger partial charge in [-0.15, -0.1) is 0 Å². The van der Waals surface area contributed by atoms with Crippen LogP contribution in [0.2, 0.25) is 0 Å². The maximum Gasteiger partial charge on any atom is 0.168 e. The summed E-state index contributed by atoms with van der Waals surface area (Å²) in [6.45, 7) is 1.83. The average molecular weight is 221 g/mol. The SMILES string of the molecule is COc1cccc(Cc2n[nH]nc2C)c1F. The second-order valence-electron chi connectivity index (χ2n) is 3.47. The third-order valence-corrected chi connectivity index (χ3v) is 2.44. The fraction of sp³-hybridized carbons (Fsp3) is 0.273. The van der Waals surface area contributed by atoms with Crippen molar-refractivity contribution < 1.29 is 9.13 Å². The van der Waals surface area contributed by atoms with Crippen LogP contribution < -0.4 is 4.74 Å². The predicted molar refractivity (Wildman–Crippen MR) is 56.9 cm³/mol. The number of aromatic nitrogens is 3. The van der Waals surface area contributed by atoms with Gasteiger partial charge in [0, 0.05) is 6.42 Å². The van der Waals surface area contributed by atoms with E-state index in [4.69, 9.17) is 4.74 Å². The van der Waals surface area contributed by atoms with Gasteiger partial charge in [-0.3, -0.25) is 0 Å². The van der Waals surface area contributed by atoms with E-state index in [1.807, 2.05) is 6.92 Å². The van der Waals surface area contributed by atoms with Gasteiger partial charge in [-0.1, -0.05) is 12.1 Å². The molecule has 0 atom stereocenters. The number of hydrogen-bond acceptors (Lipinski definition) is 3. The average Bonchev–Trinajstić information content (AvgIpc) is 2.68. The fourth-order valence-corrected chi connectivity index (χ4v) is 1.50. The first-order valence-corrected chi connectivity index (χ1v) is 4.90. The first-order chi connectivity index (χ1) is 7.72. The number of nitrogens with one attached hydrogen (secondary N) is 1. The molecule has 0 unspecified atom stereocenters. The number of halogens is 1. The fourth-order valence-electron chi connectivity index (χ4n) is 1.50. The number of ether oxygens (including phenoxy) is 1. The lowest BCUT2D eigenvalue weighted by molar-refractivity contribution is 0.384. The molecule has 84 valence electrons. The van der Waals surface area contributed by atoms with Crippen LogP contribution >= 0.6 is 0 Å². The van der Waals surface area contributed by atoms with E-state index in [0.717, 1.165) is 11.4 Å². The number of aryl methyl sites for hydroxylation is 1. The van der Waals surface area contributed by atoms with E-state index in [0.29, 0.717) is 12.0 Å². The quantitative estimate of drug-likeness (QED) is 0.860. The summed E-state index contributed by atoms with van der Waals surface area (Å²) in [6, 6.07) is 5.06. The molecule has 0 amide bonds. The summed E-state index contributed by atoms with van der Waals surface area (Å²) >= 11 is 0. The number of nitrogens with zero attached hydrogens (tertiary/aromatic N) is 2. The highest BCUT2D eigenvalue weighted by atomic mass is 19.1. The van der Waals surface area contributed by atoms with Crippen molar-refractivity contribution in [2.24, 2.45) is 0 Å². The van der Waals surface area contributed by atoms with Gasteiger partial charge in [0.15, 0.2) is 11.6 Å². The third kappa shape index (κ3) is 1.88. The minimum Gasteiger partial charge on any atom is -0.494 e. The molecule has 1 heterocycles. The molecular weight excluding hydrogens is 209 g/mol. The zero-order valence-electron chi connectivity index (χ0n) is 9.12. The molecule has 0 aliphatic carbocycles. The highest BCUT2D eigenvalue weighted by Crippen LogP contribution is 2.22. The molecule has 0 aliphatic heterocycles. The molecule has 5 heteroatoms. The highest BCUT2D eigenvalue weighted by Gasteiger charge is 2.11. The molecule has 0 radical (unpaired) electrons. The predicted octanol–water partition coefficient (Wildman–Crippen LogP) is 1.85. The molecule has 0 aliphatic rings. The van der Waals surface area contributed by atoms with E-state index >= 15 is 0 Å². The van der Waals surface area contributed by atoms with E-state index in [1.165, 1.54) is 7.11 Å². The summed E-state index contributed by atoms with van der Waals surface area (Å²) in [4.78, 5) is 0. The van der Waals surface area contributed by atoms with Gasteiger partial charge in [0.1, 0.15) is 0 Å². The molecule has 0 saturated carbocycles. The summed E-state index contributed by atoms with van der Waals surface area (Å²) in [7, 11) is 1.45. The Morgan fingerprint density at radius 3 is 2.81 bits per heavy atom. The Labute approximate surface area is 92.4 Å². The van der Waals surface area contributed by atoms with Crippen LogP contribution in [-0.2, 0) is 6.42 Å². The Balaban J connectivity index is 2.32. The minimum absolute atomic E-state index is 0.249. The lowest BCUT2D eigenvalue weighted by Crippen LogP contribution is -1.97. The zero-order valence-corrected chi connectivity index (χ0v) is 9.12. The van der Waals surface area contributed by atoms with Crippen LogP contribution in [0.1, 0.15) is 17.0 Å². The Hall–Kier alpha value is -1.91. The van der Waals surface area contributed by atoms with Gasteiger partial charge in [0.25, 0.3) is 0 Å². The summed E-state index contributed by atoms with van der Waals surface area (Å²) in [6.07, 6.45) is 0.408. The number of methoxy groups -OCH3 is 1. The smallest absolute Gasteiger partial charge is 0.168 e. The summed E-state index contributed by atoms with van der Waals surface area (Å²) in [5.41, 5.74) is 2.07. The van der Waals surface area contributed by atoms with Gasteiger partial charge in [-0.2, -0.15) is 15.4 Å². The zero-order chi connectivity index (χ0) is 11.5. The number of rotatable bonds is 3. The van der Waals surface area contributed by atoms with Gasteiger partial charge >= 0.3 is 0 Å². The molecule has 1 N–H and O–H groups in total. The Morgan fingerprint density at radius 2 is 2.19 bits per heavy atom. The van der Waals surface area contributed by atoms with Gasteiger partial charge < -0.3 is 4.74 Å². The third-order valence-electron chi connectivity index (χ3n) is 2.44. The number of hydrogen-bond donors (Lipinski definition) is 1. The van der Waals surface area contributed by atoms with Gasteiger partial charge in [0.2, 0.25) is 0 Å². The second kappa shape index (κ2) is 4.30. The number of benzene rings is 1. The van der Waals surface area contributed by atoms with E-state index in [1.54, 1.807) is 18.2 Å². The normalized spacial score (nSPS) is 10.4. The molecule has 4 nitrogen and oxygen atoms in total. The van der Waals surface area contributed by atoms with Gasteiger partial charge in [-0.25, -0.2) is 4.39 Å². The van der Waals surface area contributed by atoms with Crippen LogP contribution in [0, 0.1) is 12.7 Å². The van der Waals surface area contributed by atoms with Crippen molar-refractivity contribution in [3.05, 3.63) is 41.0 Å². The topological polar surface area (TPSA) is 50.8 Å². The first kappa shape index (κ1) is 10.6. The number of H-pyrrole nitrogens is 1. The molecule has 0 bridgehead atoms. The van der Waals surface area contributed by atoms with Crippen molar-refractivity contribution in [3.8, 4) is 5.75 Å². The van der Waals surface area contributed by atoms with Gasteiger partial charge in [0.05, 0.1) is 18.5 Å². The Morgan fingerprint density at radius 1 is 1.38 bits per heavy atom. The van der Waals surface area contributed by atoms with Gasteiger partial charge in [-0.05, 0) is 18.6 Å². The van der Waals surface area contributed by atoms with Crippen molar-refractivity contribution in [1.29, 1.82) is 0 Å². The Bertz CT molecular complexity index is 496. The lowest BCUT2D eigenvalue weighted by Gasteiger charge is -2.05. The summed E-state index contributed by atoms with van der Waals surface area (Å²) in [5.74, 6) is -0.0916. The molecule has 0 spiro atoms. The minimum atomic E-state index is -0.340. The molecule has 0 saturated heterocycles. The van der Waals surface area contributed by atoms with Crippen LogP contribution in [0.5, 0.6) is 5.75 Å². The molecular formula is C11H12FN3O. The maximum absolute atomic E-state index is 13.8. The number of aromatic amines is 1. The van der Waals surface area contributed by atoms with E-state index in [-0.39, 0.29) is 11.6 Å². The van der Waals surface area contributed by atoms with Crippen LogP contribution in [0.25, 0.3) is 0 Å². The molecule has 2 aromatic rings. The molecule has 2 rings (SSSR count). The largest absolute Gasteiger partial charge is 0.494 e. The van der Waals surface area contributed by atoms with Crippen LogP contribution in [0.15, 0.2) is 18.2 Å². The monoisotopic (exact) mass is 221 g/mol. The van der Waals surface area contributed by atoms with E-state index in [2.05, 4.69) is 15.4 Å². The lowest BCUT2D eigenvalue weighted by atomic mass is 10.1. The van der Waals surface area contributed by atoms with Crippen LogP contribution in [-0.4, -0.2) is 22.5 Å².